The lowest BCUT2D eigenvalue weighted by Gasteiger charge is -2.21. The van der Waals surface area contributed by atoms with E-state index in [4.69, 9.17) is 5.26 Å². The highest BCUT2D eigenvalue weighted by Crippen LogP contribution is 2.17. The molecule has 0 bridgehead atoms. The summed E-state index contributed by atoms with van der Waals surface area (Å²) in [5, 5.41) is 14.4. The number of nitrogens with zero attached hydrogens (tertiary/aromatic N) is 2. The zero-order chi connectivity index (χ0) is 19.8. The molecule has 0 radical (unpaired) electrons. The fraction of sp³-hybridized carbons (Fsp3) is 0.200. The first-order valence-corrected chi connectivity index (χ1v) is 8.35. The number of carbonyl (C=O) groups excluding carboxylic acids is 3. The Kier molecular flexibility index (Phi) is 6.67. The molecule has 0 heterocycles. The van der Waals surface area contributed by atoms with Gasteiger partial charge in [-0.1, -0.05) is 6.07 Å². The van der Waals surface area contributed by atoms with E-state index in [-0.39, 0.29) is 30.7 Å². The van der Waals surface area contributed by atoms with Gasteiger partial charge in [-0.2, -0.15) is 5.26 Å². The van der Waals surface area contributed by atoms with E-state index in [1.165, 1.54) is 18.7 Å². The normalized spacial score (nSPS) is 9.81. The first-order chi connectivity index (χ1) is 12.9. The van der Waals surface area contributed by atoms with Crippen LogP contribution in [-0.4, -0.2) is 24.3 Å². The first-order valence-electron chi connectivity index (χ1n) is 8.35. The van der Waals surface area contributed by atoms with Crippen molar-refractivity contribution in [2.45, 2.75) is 20.3 Å². The number of amides is 3. The van der Waals surface area contributed by atoms with Crippen LogP contribution in [0.2, 0.25) is 0 Å². The Morgan fingerprint density at radius 2 is 1.63 bits per heavy atom. The molecule has 0 spiro atoms. The van der Waals surface area contributed by atoms with E-state index in [2.05, 4.69) is 10.6 Å². The summed E-state index contributed by atoms with van der Waals surface area (Å²) in [6, 6.07) is 15.5. The largest absolute Gasteiger partial charge is 0.326 e. The predicted molar refractivity (Wildman–Crippen MR) is 103 cm³/mol. The number of rotatable bonds is 6. The number of hydrogen-bond acceptors (Lipinski definition) is 4. The van der Waals surface area contributed by atoms with Crippen molar-refractivity contribution in [1.29, 1.82) is 5.26 Å². The van der Waals surface area contributed by atoms with Crippen molar-refractivity contribution in [3.05, 3.63) is 54.1 Å². The van der Waals surface area contributed by atoms with Crippen LogP contribution in [0.5, 0.6) is 0 Å². The molecule has 138 valence electrons. The summed E-state index contributed by atoms with van der Waals surface area (Å²) in [6.07, 6.45) is 0.101. The fourth-order valence-corrected chi connectivity index (χ4v) is 2.49. The molecule has 0 fully saturated rings. The Morgan fingerprint density at radius 3 is 2.19 bits per heavy atom. The highest BCUT2D eigenvalue weighted by molar-refractivity contribution is 5.95. The van der Waals surface area contributed by atoms with Crippen molar-refractivity contribution in [3.63, 3.8) is 0 Å². The minimum absolute atomic E-state index is 0.101. The van der Waals surface area contributed by atoms with Gasteiger partial charge in [-0.05, 0) is 42.5 Å². The van der Waals surface area contributed by atoms with Crippen LogP contribution in [0.1, 0.15) is 25.8 Å². The molecule has 0 aliphatic carbocycles. The molecule has 2 N–H and O–H groups in total. The van der Waals surface area contributed by atoms with Crippen molar-refractivity contribution in [2.75, 3.05) is 22.1 Å². The summed E-state index contributed by atoms with van der Waals surface area (Å²) < 4.78 is 0. The van der Waals surface area contributed by atoms with Crippen LogP contribution in [-0.2, 0) is 14.4 Å². The monoisotopic (exact) mass is 364 g/mol. The van der Waals surface area contributed by atoms with Crippen LogP contribution in [0, 0.1) is 11.3 Å². The molecule has 0 unspecified atom stereocenters. The molecule has 2 rings (SSSR count). The topological polar surface area (TPSA) is 102 Å². The lowest BCUT2D eigenvalue weighted by atomic mass is 10.2. The highest BCUT2D eigenvalue weighted by atomic mass is 16.2. The quantitative estimate of drug-likeness (QED) is 0.822. The average molecular weight is 364 g/mol. The summed E-state index contributed by atoms with van der Waals surface area (Å²) in [4.78, 5) is 36.6. The molecule has 27 heavy (non-hydrogen) atoms. The molecular formula is C20H20N4O3. The molecule has 0 saturated heterocycles. The standard InChI is InChI=1S/C20H20N4O3/c1-14(25)22-17-6-8-18(9-7-17)23-20(27)10-11-24(15(2)26)19-5-3-4-16(12-19)13-21/h3-9,12H,10-11H2,1-2H3,(H,22,25)(H,23,27). The lowest BCUT2D eigenvalue weighted by molar-refractivity contribution is -0.117. The average Bonchev–Trinajstić information content (AvgIpc) is 2.63. The summed E-state index contributed by atoms with van der Waals surface area (Å²) >= 11 is 0. The molecule has 0 aliphatic rings. The molecule has 0 aromatic heterocycles. The highest BCUT2D eigenvalue weighted by Gasteiger charge is 2.14. The minimum atomic E-state index is -0.245. The number of nitrogens with one attached hydrogen (secondary N) is 2. The smallest absolute Gasteiger partial charge is 0.226 e. The van der Waals surface area contributed by atoms with Crippen molar-refractivity contribution in [2.24, 2.45) is 0 Å². The number of carbonyl (C=O) groups is 3. The van der Waals surface area contributed by atoms with E-state index in [1.807, 2.05) is 6.07 Å². The van der Waals surface area contributed by atoms with Crippen molar-refractivity contribution in [1.82, 2.24) is 0 Å². The summed E-state index contributed by atoms with van der Waals surface area (Å²) in [6.45, 7) is 3.03. The molecule has 2 aromatic carbocycles. The Balaban J connectivity index is 1.96. The SMILES string of the molecule is CC(=O)Nc1ccc(NC(=O)CCN(C(C)=O)c2cccc(C#N)c2)cc1. The van der Waals surface area contributed by atoms with E-state index in [9.17, 15) is 14.4 Å². The Morgan fingerprint density at radius 1 is 1.00 bits per heavy atom. The van der Waals surface area contributed by atoms with Gasteiger partial charge >= 0.3 is 0 Å². The third-order valence-electron chi connectivity index (χ3n) is 3.72. The number of benzene rings is 2. The Bertz CT molecular complexity index is 885. The molecule has 7 heteroatoms. The van der Waals surface area contributed by atoms with Gasteiger partial charge in [0, 0.05) is 43.9 Å². The van der Waals surface area contributed by atoms with Crippen LogP contribution in [0.15, 0.2) is 48.5 Å². The Hall–Kier alpha value is -3.66. The lowest BCUT2D eigenvalue weighted by Crippen LogP contribution is -2.32. The molecule has 0 atom stereocenters. The molecule has 3 amide bonds. The zero-order valence-electron chi connectivity index (χ0n) is 15.2. The Labute approximate surface area is 157 Å². The van der Waals surface area contributed by atoms with Crippen LogP contribution in [0.3, 0.4) is 0 Å². The molecule has 0 aliphatic heterocycles. The van der Waals surface area contributed by atoms with Gasteiger partial charge in [0.15, 0.2) is 0 Å². The molecular weight excluding hydrogens is 344 g/mol. The third kappa shape index (κ3) is 5.97. The minimum Gasteiger partial charge on any atom is -0.326 e. The van der Waals surface area contributed by atoms with E-state index in [0.717, 1.165) is 0 Å². The second-order valence-corrected chi connectivity index (χ2v) is 5.89. The van der Waals surface area contributed by atoms with Crippen LogP contribution in [0.4, 0.5) is 17.1 Å². The van der Waals surface area contributed by atoms with E-state index >= 15 is 0 Å². The van der Waals surface area contributed by atoms with Gasteiger partial charge in [0.1, 0.15) is 0 Å². The second kappa shape index (κ2) is 9.15. The molecule has 0 saturated carbocycles. The molecule has 2 aromatic rings. The summed E-state index contributed by atoms with van der Waals surface area (Å²) in [5.74, 6) is -0.626. The fourth-order valence-electron chi connectivity index (χ4n) is 2.49. The first kappa shape index (κ1) is 19.7. The van der Waals surface area contributed by atoms with Gasteiger partial charge in [0.25, 0.3) is 0 Å². The van der Waals surface area contributed by atoms with Gasteiger partial charge < -0.3 is 15.5 Å². The molecule has 7 nitrogen and oxygen atoms in total. The van der Waals surface area contributed by atoms with Crippen molar-refractivity contribution in [3.8, 4) is 6.07 Å². The predicted octanol–water partition coefficient (Wildman–Crippen LogP) is 2.90. The van der Waals surface area contributed by atoms with Gasteiger partial charge in [-0.25, -0.2) is 0 Å². The van der Waals surface area contributed by atoms with Crippen molar-refractivity contribution >= 4 is 34.8 Å². The van der Waals surface area contributed by atoms with Gasteiger partial charge in [0.05, 0.1) is 11.6 Å². The van der Waals surface area contributed by atoms with Gasteiger partial charge in [0.2, 0.25) is 17.7 Å². The summed E-state index contributed by atoms with van der Waals surface area (Å²) in [5.41, 5.74) is 2.26. The van der Waals surface area contributed by atoms with E-state index in [1.54, 1.807) is 48.5 Å². The van der Waals surface area contributed by atoms with E-state index < -0.39 is 0 Å². The number of hydrogen-bond donors (Lipinski definition) is 2. The van der Waals surface area contributed by atoms with Gasteiger partial charge in [-0.3, -0.25) is 14.4 Å². The maximum absolute atomic E-state index is 12.2. The van der Waals surface area contributed by atoms with Gasteiger partial charge in [-0.15, -0.1) is 0 Å². The van der Waals surface area contributed by atoms with Crippen molar-refractivity contribution < 1.29 is 14.4 Å². The van der Waals surface area contributed by atoms with Crippen LogP contribution < -0.4 is 15.5 Å². The number of nitriles is 1. The number of anilines is 3. The second-order valence-electron chi connectivity index (χ2n) is 5.89. The third-order valence-corrected chi connectivity index (χ3v) is 3.72. The maximum atomic E-state index is 12.2. The van der Waals surface area contributed by atoms with E-state index in [0.29, 0.717) is 22.6 Å². The van der Waals surface area contributed by atoms with Crippen LogP contribution >= 0.6 is 0 Å². The summed E-state index contributed by atoms with van der Waals surface area (Å²) in [7, 11) is 0. The zero-order valence-corrected chi connectivity index (χ0v) is 15.2. The maximum Gasteiger partial charge on any atom is 0.226 e. The van der Waals surface area contributed by atoms with Crippen LogP contribution in [0.25, 0.3) is 0 Å².